The van der Waals surface area contributed by atoms with Crippen molar-refractivity contribution in [1.29, 1.82) is 0 Å². The highest BCUT2D eigenvalue weighted by molar-refractivity contribution is 6.01. The van der Waals surface area contributed by atoms with E-state index in [-0.39, 0.29) is 17.8 Å². The third kappa shape index (κ3) is 7.97. The van der Waals surface area contributed by atoms with E-state index in [1.165, 1.54) is 6.92 Å². The predicted molar refractivity (Wildman–Crippen MR) is 164 cm³/mol. The number of hydrogen-bond acceptors (Lipinski definition) is 4. The normalized spacial score (nSPS) is 11.9. The van der Waals surface area contributed by atoms with Gasteiger partial charge in [0.05, 0.1) is 0 Å². The number of H-pyrrole nitrogens is 1. The second-order valence-electron chi connectivity index (χ2n) is 10.6. The number of nitrogens with zero attached hydrogens (tertiary/aromatic N) is 1. The van der Waals surface area contributed by atoms with Crippen LogP contribution in [0.4, 0.5) is 0 Å². The number of para-hydroxylation sites is 1. The number of carbonyl (C=O) groups excluding carboxylic acids is 3. The van der Waals surface area contributed by atoms with Crippen molar-refractivity contribution in [3.63, 3.8) is 0 Å². The van der Waals surface area contributed by atoms with Crippen molar-refractivity contribution in [2.24, 2.45) is 0 Å². The van der Waals surface area contributed by atoms with Crippen LogP contribution in [0.15, 0.2) is 66.9 Å². The van der Waals surface area contributed by atoms with Crippen molar-refractivity contribution in [3.8, 4) is 5.75 Å². The zero-order chi connectivity index (χ0) is 29.2. The molecule has 0 fully saturated rings. The van der Waals surface area contributed by atoms with Gasteiger partial charge in [-0.25, -0.2) is 0 Å². The number of carbonyl (C=O) groups is 3. The standard InChI is InChI=1S/C34H41N3O4/c1-4-6-10-18-37(19-11-7-5-2)34(40)32(22-28-23-35-31-13-9-8-12-30(28)31)36-33(39)27-15-14-26-21-29(41-24(3)38)17-16-25(26)20-27/h8-9,12-17,20-21,23,32,35H,4-7,10-11,18-19,22H2,1-3H3,(H,36,39)/t32-/m1/s1. The third-order valence-electron chi connectivity index (χ3n) is 7.41. The van der Waals surface area contributed by atoms with Gasteiger partial charge in [0.2, 0.25) is 5.91 Å². The van der Waals surface area contributed by atoms with Gasteiger partial charge >= 0.3 is 5.97 Å². The van der Waals surface area contributed by atoms with Crippen LogP contribution < -0.4 is 10.1 Å². The van der Waals surface area contributed by atoms with Gasteiger partial charge < -0.3 is 19.9 Å². The van der Waals surface area contributed by atoms with Crippen molar-refractivity contribution in [3.05, 3.63) is 78.0 Å². The monoisotopic (exact) mass is 555 g/mol. The lowest BCUT2D eigenvalue weighted by molar-refractivity contribution is -0.133. The Morgan fingerprint density at radius 2 is 1.56 bits per heavy atom. The van der Waals surface area contributed by atoms with Gasteiger partial charge in [-0.2, -0.15) is 0 Å². The van der Waals surface area contributed by atoms with E-state index in [1.54, 1.807) is 24.3 Å². The van der Waals surface area contributed by atoms with Crippen LogP contribution in [0, 0.1) is 0 Å². The topological polar surface area (TPSA) is 91.5 Å². The highest BCUT2D eigenvalue weighted by Gasteiger charge is 2.27. The van der Waals surface area contributed by atoms with E-state index >= 15 is 0 Å². The Kier molecular flexibility index (Phi) is 10.5. The third-order valence-corrected chi connectivity index (χ3v) is 7.41. The first-order chi connectivity index (χ1) is 19.9. The fourth-order valence-electron chi connectivity index (χ4n) is 5.21. The molecule has 1 aromatic heterocycles. The second-order valence-corrected chi connectivity index (χ2v) is 10.6. The molecule has 1 atom stereocenters. The summed E-state index contributed by atoms with van der Waals surface area (Å²) < 4.78 is 5.19. The van der Waals surface area contributed by atoms with Crippen LogP contribution in [-0.2, 0) is 16.0 Å². The first-order valence-electron chi connectivity index (χ1n) is 14.8. The number of fused-ring (bicyclic) bond motifs is 2. The summed E-state index contributed by atoms with van der Waals surface area (Å²) in [5.41, 5.74) is 2.47. The van der Waals surface area contributed by atoms with Crippen LogP contribution in [0.25, 0.3) is 21.7 Å². The number of nitrogens with one attached hydrogen (secondary N) is 2. The molecule has 41 heavy (non-hydrogen) atoms. The summed E-state index contributed by atoms with van der Waals surface area (Å²) in [5, 5.41) is 5.83. The Bertz CT molecular complexity index is 1480. The zero-order valence-electron chi connectivity index (χ0n) is 24.4. The van der Waals surface area contributed by atoms with Crippen LogP contribution in [0.3, 0.4) is 0 Å². The van der Waals surface area contributed by atoms with E-state index in [0.717, 1.165) is 65.8 Å². The summed E-state index contributed by atoms with van der Waals surface area (Å²) in [6.45, 7) is 7.06. The highest BCUT2D eigenvalue weighted by Crippen LogP contribution is 2.23. The molecule has 4 aromatic rings. The zero-order valence-corrected chi connectivity index (χ0v) is 24.4. The van der Waals surface area contributed by atoms with Crippen molar-refractivity contribution in [2.75, 3.05) is 13.1 Å². The Morgan fingerprint density at radius 3 is 2.27 bits per heavy atom. The summed E-state index contributed by atoms with van der Waals surface area (Å²) in [5.74, 6) is -0.263. The van der Waals surface area contributed by atoms with E-state index in [9.17, 15) is 14.4 Å². The SMILES string of the molecule is CCCCCN(CCCCC)C(=O)[C@@H](Cc1c[nH]c2ccccc12)NC(=O)c1ccc2cc(OC(C)=O)ccc2c1. The molecule has 216 valence electrons. The van der Waals surface area contributed by atoms with Gasteiger partial charge in [-0.3, -0.25) is 14.4 Å². The number of unbranched alkanes of at least 4 members (excludes halogenated alkanes) is 4. The van der Waals surface area contributed by atoms with Crippen LogP contribution in [-0.4, -0.2) is 46.8 Å². The van der Waals surface area contributed by atoms with Crippen molar-refractivity contribution in [2.45, 2.75) is 71.8 Å². The maximum atomic E-state index is 14.1. The Labute approximate surface area is 242 Å². The number of aromatic nitrogens is 1. The average Bonchev–Trinajstić information content (AvgIpc) is 3.38. The van der Waals surface area contributed by atoms with Crippen LogP contribution in [0.2, 0.25) is 0 Å². The molecule has 0 aliphatic heterocycles. The maximum Gasteiger partial charge on any atom is 0.308 e. The quantitative estimate of drug-likeness (QED) is 0.102. The molecule has 0 spiro atoms. The van der Waals surface area contributed by atoms with Crippen LogP contribution >= 0.6 is 0 Å². The Morgan fingerprint density at radius 1 is 0.878 bits per heavy atom. The molecule has 2 N–H and O–H groups in total. The van der Waals surface area contributed by atoms with E-state index < -0.39 is 6.04 Å². The van der Waals surface area contributed by atoms with Gasteiger partial charge in [-0.15, -0.1) is 0 Å². The fraction of sp³-hybridized carbons (Fsp3) is 0.382. The van der Waals surface area contributed by atoms with E-state index in [2.05, 4.69) is 24.1 Å². The maximum absolute atomic E-state index is 14.1. The molecular formula is C34H41N3O4. The molecule has 7 heteroatoms. The van der Waals surface area contributed by atoms with E-state index in [4.69, 9.17) is 4.74 Å². The number of hydrogen-bond donors (Lipinski definition) is 2. The Hall–Kier alpha value is -4.13. The van der Waals surface area contributed by atoms with Crippen molar-refractivity contribution < 1.29 is 19.1 Å². The van der Waals surface area contributed by atoms with Crippen molar-refractivity contribution in [1.82, 2.24) is 15.2 Å². The van der Waals surface area contributed by atoms with Gasteiger partial charge in [0.15, 0.2) is 0 Å². The highest BCUT2D eigenvalue weighted by atomic mass is 16.5. The van der Waals surface area contributed by atoms with E-state index in [0.29, 0.717) is 30.8 Å². The van der Waals surface area contributed by atoms with Gasteiger partial charge in [0, 0.05) is 49.1 Å². The molecule has 2 amide bonds. The molecule has 0 aliphatic carbocycles. The first-order valence-corrected chi connectivity index (χ1v) is 14.8. The number of ether oxygens (including phenoxy) is 1. The minimum absolute atomic E-state index is 0.0392. The summed E-state index contributed by atoms with van der Waals surface area (Å²) in [4.78, 5) is 44.2. The smallest absolute Gasteiger partial charge is 0.308 e. The molecule has 0 saturated carbocycles. The number of esters is 1. The molecule has 0 aliphatic rings. The molecule has 4 rings (SSSR count). The largest absolute Gasteiger partial charge is 0.427 e. The van der Waals surface area contributed by atoms with Gasteiger partial charge in [-0.05, 0) is 59.5 Å². The molecule has 1 heterocycles. The van der Waals surface area contributed by atoms with Gasteiger partial charge in [0.25, 0.3) is 5.91 Å². The minimum Gasteiger partial charge on any atom is -0.427 e. The van der Waals surface area contributed by atoms with Gasteiger partial charge in [0.1, 0.15) is 11.8 Å². The molecule has 7 nitrogen and oxygen atoms in total. The number of aromatic amines is 1. The summed E-state index contributed by atoms with van der Waals surface area (Å²) in [6, 6.07) is 18.0. The molecule has 3 aromatic carbocycles. The van der Waals surface area contributed by atoms with Crippen LogP contribution in [0.1, 0.15) is 75.2 Å². The molecule has 0 unspecified atom stereocenters. The summed E-state index contributed by atoms with van der Waals surface area (Å²) in [6.07, 6.45) is 8.51. The predicted octanol–water partition coefficient (Wildman–Crippen LogP) is 6.80. The van der Waals surface area contributed by atoms with E-state index in [1.807, 2.05) is 47.5 Å². The molecule has 0 bridgehead atoms. The first kappa shape index (κ1) is 29.8. The Balaban J connectivity index is 1.60. The second kappa shape index (κ2) is 14.5. The van der Waals surface area contributed by atoms with Crippen LogP contribution in [0.5, 0.6) is 5.75 Å². The average molecular weight is 556 g/mol. The molecular weight excluding hydrogens is 514 g/mol. The summed E-state index contributed by atoms with van der Waals surface area (Å²) in [7, 11) is 0. The van der Waals surface area contributed by atoms with Gasteiger partial charge in [-0.1, -0.05) is 69.9 Å². The number of benzene rings is 3. The number of amides is 2. The summed E-state index contributed by atoms with van der Waals surface area (Å²) >= 11 is 0. The minimum atomic E-state index is -0.702. The lowest BCUT2D eigenvalue weighted by Gasteiger charge is -2.28. The number of rotatable bonds is 14. The van der Waals surface area contributed by atoms with Crippen molar-refractivity contribution >= 4 is 39.5 Å². The molecule has 0 radical (unpaired) electrons. The fourth-order valence-corrected chi connectivity index (χ4v) is 5.21. The lowest BCUT2D eigenvalue weighted by atomic mass is 10.0. The molecule has 0 saturated heterocycles. The lowest BCUT2D eigenvalue weighted by Crippen LogP contribution is -2.50.